The van der Waals surface area contributed by atoms with E-state index in [-0.39, 0.29) is 5.91 Å². The summed E-state index contributed by atoms with van der Waals surface area (Å²) in [5.41, 5.74) is 0. The average molecular weight is 229 g/mol. The highest BCUT2D eigenvalue weighted by molar-refractivity contribution is 5.83. The molecule has 0 aliphatic rings. The van der Waals surface area contributed by atoms with Crippen molar-refractivity contribution in [3.05, 3.63) is 0 Å². The van der Waals surface area contributed by atoms with Crippen molar-refractivity contribution in [2.24, 2.45) is 11.8 Å². The van der Waals surface area contributed by atoms with E-state index in [0.29, 0.717) is 18.3 Å². The van der Waals surface area contributed by atoms with Crippen molar-refractivity contribution in [1.82, 2.24) is 4.90 Å². The molecule has 0 saturated heterocycles. The van der Waals surface area contributed by atoms with Crippen molar-refractivity contribution < 1.29 is 14.7 Å². The second kappa shape index (κ2) is 6.51. The molecule has 16 heavy (non-hydrogen) atoms. The Morgan fingerprint density at radius 3 is 2.06 bits per heavy atom. The quantitative estimate of drug-likeness (QED) is 0.757. The Kier molecular flexibility index (Phi) is 6.08. The van der Waals surface area contributed by atoms with E-state index in [1.807, 2.05) is 0 Å². The lowest BCUT2D eigenvalue weighted by Crippen LogP contribution is -2.41. The molecule has 0 aromatic rings. The van der Waals surface area contributed by atoms with Crippen molar-refractivity contribution in [3.63, 3.8) is 0 Å². The molecule has 0 aromatic carbocycles. The Labute approximate surface area is 97.6 Å². The van der Waals surface area contributed by atoms with Crippen molar-refractivity contribution in [2.45, 2.75) is 46.6 Å². The number of rotatable bonds is 6. The highest BCUT2D eigenvalue weighted by atomic mass is 16.4. The predicted molar refractivity (Wildman–Crippen MR) is 63.1 cm³/mol. The summed E-state index contributed by atoms with van der Waals surface area (Å²) in [6, 6.07) is -0.753. The molecule has 94 valence electrons. The van der Waals surface area contributed by atoms with Crippen LogP contribution >= 0.6 is 0 Å². The minimum Gasteiger partial charge on any atom is -0.480 e. The maximum absolute atomic E-state index is 11.8. The Bertz CT molecular complexity index is 251. The molecule has 1 amide bonds. The van der Waals surface area contributed by atoms with Gasteiger partial charge < -0.3 is 10.0 Å². The molecule has 2 atom stereocenters. The van der Waals surface area contributed by atoms with Crippen LogP contribution in [0.2, 0.25) is 0 Å². The molecule has 0 saturated carbocycles. The third-order valence-electron chi connectivity index (χ3n) is 3.24. The summed E-state index contributed by atoms with van der Waals surface area (Å²) in [4.78, 5) is 23.9. The van der Waals surface area contributed by atoms with Gasteiger partial charge in [-0.1, -0.05) is 27.2 Å². The Morgan fingerprint density at radius 1 is 1.25 bits per heavy atom. The molecular formula is C12H23NO3. The molecule has 0 radical (unpaired) electrons. The lowest BCUT2D eigenvalue weighted by Gasteiger charge is -2.25. The number of amides is 1. The first-order valence-corrected chi connectivity index (χ1v) is 5.79. The van der Waals surface area contributed by atoms with Crippen molar-refractivity contribution in [2.75, 3.05) is 7.05 Å². The van der Waals surface area contributed by atoms with E-state index in [1.165, 1.54) is 11.8 Å². The lowest BCUT2D eigenvalue weighted by molar-refractivity contribution is -0.148. The molecule has 2 unspecified atom stereocenters. The number of hydrogen-bond donors (Lipinski definition) is 1. The maximum atomic E-state index is 11.8. The third kappa shape index (κ3) is 4.21. The number of carbonyl (C=O) groups excluding carboxylic acids is 1. The van der Waals surface area contributed by atoms with E-state index in [2.05, 4.69) is 20.8 Å². The third-order valence-corrected chi connectivity index (χ3v) is 3.24. The summed E-state index contributed by atoms with van der Waals surface area (Å²) in [6.45, 7) is 7.75. The van der Waals surface area contributed by atoms with Crippen LogP contribution < -0.4 is 0 Å². The molecule has 0 spiro atoms. The van der Waals surface area contributed by atoms with E-state index in [9.17, 15) is 9.59 Å². The van der Waals surface area contributed by atoms with Gasteiger partial charge in [-0.2, -0.15) is 0 Å². The highest BCUT2D eigenvalue weighted by Crippen LogP contribution is 2.20. The summed E-state index contributed by atoms with van der Waals surface area (Å²) in [6.07, 6.45) is 1.38. The van der Waals surface area contributed by atoms with Gasteiger partial charge in [0.2, 0.25) is 5.91 Å². The van der Waals surface area contributed by atoms with Gasteiger partial charge in [0.05, 0.1) is 0 Å². The van der Waals surface area contributed by atoms with E-state index in [4.69, 9.17) is 5.11 Å². The zero-order chi connectivity index (χ0) is 12.9. The molecule has 0 heterocycles. The smallest absolute Gasteiger partial charge is 0.326 e. The van der Waals surface area contributed by atoms with Crippen LogP contribution in [0.15, 0.2) is 0 Å². The zero-order valence-corrected chi connectivity index (χ0v) is 10.9. The molecule has 0 aliphatic heterocycles. The monoisotopic (exact) mass is 229 g/mol. The fourth-order valence-corrected chi connectivity index (χ4v) is 1.60. The first-order chi connectivity index (χ1) is 7.31. The minimum atomic E-state index is -0.964. The Morgan fingerprint density at radius 2 is 1.75 bits per heavy atom. The van der Waals surface area contributed by atoms with Crippen LogP contribution in [0.1, 0.15) is 40.5 Å². The van der Waals surface area contributed by atoms with Crippen LogP contribution in [0.3, 0.4) is 0 Å². The van der Waals surface area contributed by atoms with Crippen molar-refractivity contribution >= 4 is 11.9 Å². The molecule has 0 bridgehead atoms. The number of carbonyl (C=O) groups is 2. The molecule has 4 nitrogen and oxygen atoms in total. The summed E-state index contributed by atoms with van der Waals surface area (Å²) >= 11 is 0. The van der Waals surface area contributed by atoms with Gasteiger partial charge in [-0.25, -0.2) is 4.79 Å². The summed E-state index contributed by atoms with van der Waals surface area (Å²) < 4.78 is 0. The van der Waals surface area contributed by atoms with Gasteiger partial charge in [0, 0.05) is 13.5 Å². The van der Waals surface area contributed by atoms with Gasteiger partial charge in [-0.15, -0.1) is 0 Å². The molecule has 4 heteroatoms. The SMILES string of the molecule is CCC(CC(=O)N(C)C(C)C(=O)O)C(C)C. The number of nitrogens with zero attached hydrogens (tertiary/aromatic N) is 1. The number of carboxylic acid groups (broad SMARTS) is 1. The second-order valence-electron chi connectivity index (χ2n) is 4.64. The highest BCUT2D eigenvalue weighted by Gasteiger charge is 2.24. The normalized spacial score (nSPS) is 14.6. The molecular weight excluding hydrogens is 206 g/mol. The van der Waals surface area contributed by atoms with Crippen LogP contribution in [0.4, 0.5) is 0 Å². The number of aliphatic carboxylic acids is 1. The fourth-order valence-electron chi connectivity index (χ4n) is 1.60. The minimum absolute atomic E-state index is 0.0875. The zero-order valence-electron chi connectivity index (χ0n) is 10.9. The molecule has 0 rings (SSSR count). The summed E-state index contributed by atoms with van der Waals surface area (Å²) in [7, 11) is 1.55. The standard InChI is InChI=1S/C12H23NO3/c1-6-10(8(2)3)7-11(14)13(5)9(4)12(15)16/h8-10H,6-7H2,1-5H3,(H,15,16). The average Bonchev–Trinajstić information content (AvgIpc) is 2.22. The molecule has 0 aliphatic carbocycles. The number of likely N-dealkylation sites (N-methyl/N-ethyl adjacent to an activating group) is 1. The first kappa shape index (κ1) is 14.9. The van der Waals surface area contributed by atoms with Crippen LogP contribution in [0.5, 0.6) is 0 Å². The maximum Gasteiger partial charge on any atom is 0.326 e. The van der Waals surface area contributed by atoms with Crippen LogP contribution in [-0.2, 0) is 9.59 Å². The fraction of sp³-hybridized carbons (Fsp3) is 0.833. The number of carboxylic acids is 1. The van der Waals surface area contributed by atoms with Crippen molar-refractivity contribution in [1.29, 1.82) is 0 Å². The summed E-state index contributed by atoms with van der Waals surface area (Å²) in [5, 5.41) is 8.81. The largest absolute Gasteiger partial charge is 0.480 e. The van der Waals surface area contributed by atoms with Gasteiger partial charge in [0.25, 0.3) is 0 Å². The van der Waals surface area contributed by atoms with E-state index >= 15 is 0 Å². The Balaban J connectivity index is 4.40. The van der Waals surface area contributed by atoms with E-state index in [1.54, 1.807) is 7.05 Å². The summed E-state index contributed by atoms with van der Waals surface area (Å²) in [5.74, 6) is -0.276. The van der Waals surface area contributed by atoms with Crippen LogP contribution in [-0.4, -0.2) is 35.0 Å². The molecule has 0 fully saturated rings. The number of hydrogen-bond acceptors (Lipinski definition) is 2. The topological polar surface area (TPSA) is 57.6 Å². The van der Waals surface area contributed by atoms with Crippen molar-refractivity contribution in [3.8, 4) is 0 Å². The van der Waals surface area contributed by atoms with Crippen LogP contribution in [0.25, 0.3) is 0 Å². The molecule has 1 N–H and O–H groups in total. The van der Waals surface area contributed by atoms with Gasteiger partial charge in [-0.3, -0.25) is 4.79 Å². The lowest BCUT2D eigenvalue weighted by atomic mass is 9.89. The van der Waals surface area contributed by atoms with E-state index < -0.39 is 12.0 Å². The van der Waals surface area contributed by atoms with Crippen LogP contribution in [0, 0.1) is 11.8 Å². The van der Waals surface area contributed by atoms with Gasteiger partial charge in [-0.05, 0) is 18.8 Å². The Hall–Kier alpha value is -1.06. The predicted octanol–water partition coefficient (Wildman–Crippen LogP) is 1.99. The van der Waals surface area contributed by atoms with Gasteiger partial charge in [0.1, 0.15) is 6.04 Å². The van der Waals surface area contributed by atoms with Gasteiger partial charge >= 0.3 is 5.97 Å². The molecule has 0 aromatic heterocycles. The van der Waals surface area contributed by atoms with Gasteiger partial charge in [0.15, 0.2) is 0 Å². The second-order valence-corrected chi connectivity index (χ2v) is 4.64. The van der Waals surface area contributed by atoms with E-state index in [0.717, 1.165) is 6.42 Å². The first-order valence-electron chi connectivity index (χ1n) is 5.79.